The van der Waals surface area contributed by atoms with Crippen LogP contribution in [-0.2, 0) is 14.3 Å². The lowest BCUT2D eigenvalue weighted by Gasteiger charge is -2.24. The number of piperazine rings is 1. The van der Waals surface area contributed by atoms with Crippen molar-refractivity contribution >= 4 is 34.3 Å². The monoisotopic (exact) mass is 269 g/mol. The second-order valence-corrected chi connectivity index (χ2v) is 4.40. The average molecular weight is 269 g/mol. The summed E-state index contributed by atoms with van der Waals surface area (Å²) in [6.45, 7) is 2.10. The van der Waals surface area contributed by atoms with Gasteiger partial charge in [0, 0.05) is 5.38 Å². The lowest BCUT2D eigenvalue weighted by atomic mass is 10.4. The predicted molar refractivity (Wildman–Crippen MR) is 63.4 cm³/mol. The van der Waals surface area contributed by atoms with Crippen LogP contribution >= 0.6 is 11.3 Å². The van der Waals surface area contributed by atoms with Gasteiger partial charge in [0.25, 0.3) is 0 Å². The van der Waals surface area contributed by atoms with Gasteiger partial charge in [-0.3, -0.25) is 14.9 Å². The van der Waals surface area contributed by atoms with Crippen LogP contribution < -0.4 is 10.2 Å². The predicted octanol–water partition coefficient (Wildman–Crippen LogP) is -0.217. The van der Waals surface area contributed by atoms with Crippen molar-refractivity contribution < 1.29 is 19.1 Å². The number of nitrogens with one attached hydrogen (secondary N) is 1. The molecule has 1 aromatic rings. The number of nitrogens with zero attached hydrogens (tertiary/aromatic N) is 2. The maximum absolute atomic E-state index is 11.4. The Morgan fingerprint density at radius 1 is 1.50 bits per heavy atom. The molecule has 0 atom stereocenters. The fourth-order valence-electron chi connectivity index (χ4n) is 1.48. The van der Waals surface area contributed by atoms with E-state index in [1.54, 1.807) is 12.3 Å². The summed E-state index contributed by atoms with van der Waals surface area (Å²) in [5.41, 5.74) is 0.190. The molecule has 1 N–H and O–H groups in total. The van der Waals surface area contributed by atoms with Gasteiger partial charge in [-0.05, 0) is 6.92 Å². The molecule has 0 unspecified atom stereocenters. The lowest BCUT2D eigenvalue weighted by Crippen LogP contribution is -2.51. The van der Waals surface area contributed by atoms with E-state index in [-0.39, 0.29) is 37.2 Å². The number of carbonyl (C=O) groups excluding carboxylic acids is 3. The molecule has 0 bridgehead atoms. The number of esters is 1. The van der Waals surface area contributed by atoms with Gasteiger partial charge < -0.3 is 9.64 Å². The van der Waals surface area contributed by atoms with Crippen LogP contribution in [0.3, 0.4) is 0 Å². The van der Waals surface area contributed by atoms with Crippen molar-refractivity contribution in [1.82, 2.24) is 10.3 Å². The van der Waals surface area contributed by atoms with Crippen LogP contribution in [0.4, 0.5) is 5.13 Å². The number of hydrogen-bond acceptors (Lipinski definition) is 7. The van der Waals surface area contributed by atoms with Crippen LogP contribution in [0, 0.1) is 0 Å². The summed E-state index contributed by atoms with van der Waals surface area (Å²) in [7, 11) is 0. The Morgan fingerprint density at radius 3 is 2.78 bits per heavy atom. The summed E-state index contributed by atoms with van der Waals surface area (Å²) in [5, 5.41) is 4.20. The highest BCUT2D eigenvalue weighted by molar-refractivity contribution is 7.14. The van der Waals surface area contributed by atoms with E-state index < -0.39 is 5.97 Å². The van der Waals surface area contributed by atoms with Crippen molar-refractivity contribution in [2.75, 3.05) is 24.6 Å². The molecule has 0 saturated carbocycles. The Morgan fingerprint density at radius 2 is 2.17 bits per heavy atom. The van der Waals surface area contributed by atoms with Crippen molar-refractivity contribution in [3.8, 4) is 0 Å². The van der Waals surface area contributed by atoms with Crippen LogP contribution in [0.25, 0.3) is 0 Å². The highest BCUT2D eigenvalue weighted by Crippen LogP contribution is 2.21. The topological polar surface area (TPSA) is 88.6 Å². The summed E-state index contributed by atoms with van der Waals surface area (Å²) in [5.74, 6) is -1.26. The zero-order chi connectivity index (χ0) is 13.1. The molecule has 0 aromatic carbocycles. The minimum atomic E-state index is -0.507. The molecule has 1 aliphatic heterocycles. The summed E-state index contributed by atoms with van der Waals surface area (Å²) in [6.07, 6.45) is 0. The third kappa shape index (κ3) is 2.65. The Labute approximate surface area is 107 Å². The van der Waals surface area contributed by atoms with E-state index in [0.29, 0.717) is 5.13 Å². The van der Waals surface area contributed by atoms with Crippen LogP contribution in [0.5, 0.6) is 0 Å². The maximum atomic E-state index is 11.4. The number of anilines is 1. The Kier molecular flexibility index (Phi) is 3.56. The van der Waals surface area contributed by atoms with Crippen LogP contribution in [-0.4, -0.2) is 42.5 Å². The normalized spacial score (nSPS) is 15.5. The Balaban J connectivity index is 2.12. The molecule has 1 aliphatic rings. The minimum Gasteiger partial charge on any atom is -0.461 e. The molecule has 0 aliphatic carbocycles. The first-order chi connectivity index (χ1) is 8.60. The highest BCUT2D eigenvalue weighted by Gasteiger charge is 2.25. The smallest absolute Gasteiger partial charge is 0.357 e. The number of thiazole rings is 1. The number of carbonyl (C=O) groups is 3. The van der Waals surface area contributed by atoms with E-state index in [9.17, 15) is 14.4 Å². The molecule has 0 radical (unpaired) electrons. The van der Waals surface area contributed by atoms with E-state index in [1.807, 2.05) is 0 Å². The van der Waals surface area contributed by atoms with E-state index >= 15 is 0 Å². The molecule has 18 heavy (non-hydrogen) atoms. The quantitative estimate of drug-likeness (QED) is 0.603. The van der Waals surface area contributed by atoms with Gasteiger partial charge in [-0.1, -0.05) is 0 Å². The van der Waals surface area contributed by atoms with Gasteiger partial charge >= 0.3 is 5.97 Å². The number of imide groups is 1. The van der Waals surface area contributed by atoms with E-state index in [4.69, 9.17) is 4.74 Å². The van der Waals surface area contributed by atoms with Crippen LogP contribution in [0.15, 0.2) is 5.38 Å². The van der Waals surface area contributed by atoms with Crippen molar-refractivity contribution in [3.05, 3.63) is 11.1 Å². The minimum absolute atomic E-state index is 0.0571. The number of hydrogen-bond donors (Lipinski definition) is 1. The second-order valence-electron chi connectivity index (χ2n) is 3.56. The molecule has 1 fully saturated rings. The van der Waals surface area contributed by atoms with Gasteiger partial charge in [0.2, 0.25) is 11.8 Å². The van der Waals surface area contributed by atoms with Crippen molar-refractivity contribution in [2.45, 2.75) is 6.92 Å². The van der Waals surface area contributed by atoms with Crippen molar-refractivity contribution in [1.29, 1.82) is 0 Å². The fraction of sp³-hybridized carbons (Fsp3) is 0.400. The van der Waals surface area contributed by atoms with Gasteiger partial charge in [0.15, 0.2) is 10.8 Å². The third-order valence-electron chi connectivity index (χ3n) is 2.19. The van der Waals surface area contributed by atoms with E-state index in [2.05, 4.69) is 10.3 Å². The maximum Gasteiger partial charge on any atom is 0.357 e. The van der Waals surface area contributed by atoms with Crippen LogP contribution in [0.1, 0.15) is 17.4 Å². The van der Waals surface area contributed by atoms with E-state index in [0.717, 1.165) is 0 Å². The second kappa shape index (κ2) is 5.13. The molecule has 1 aromatic heterocycles. The zero-order valence-electron chi connectivity index (χ0n) is 9.63. The van der Waals surface area contributed by atoms with Crippen LogP contribution in [0.2, 0.25) is 0 Å². The number of aromatic nitrogens is 1. The molecule has 96 valence electrons. The number of amides is 2. The number of ether oxygens (including phenoxy) is 1. The van der Waals surface area contributed by atoms with Crippen molar-refractivity contribution in [2.24, 2.45) is 0 Å². The van der Waals surface area contributed by atoms with Gasteiger partial charge in [-0.25, -0.2) is 9.78 Å². The van der Waals surface area contributed by atoms with Gasteiger partial charge in [0.05, 0.1) is 6.61 Å². The fourth-order valence-corrected chi connectivity index (χ4v) is 2.28. The van der Waals surface area contributed by atoms with Crippen molar-refractivity contribution in [3.63, 3.8) is 0 Å². The SMILES string of the molecule is CCOC(=O)c1csc(N2CC(=O)NC(=O)C2)n1. The number of rotatable bonds is 3. The third-order valence-corrected chi connectivity index (χ3v) is 3.10. The summed E-state index contributed by atoms with van der Waals surface area (Å²) < 4.78 is 4.81. The average Bonchev–Trinajstić information content (AvgIpc) is 2.77. The first-order valence-electron chi connectivity index (χ1n) is 5.30. The van der Waals surface area contributed by atoms with Gasteiger partial charge in [-0.2, -0.15) is 0 Å². The molecule has 2 amide bonds. The Hall–Kier alpha value is -1.96. The highest BCUT2D eigenvalue weighted by atomic mass is 32.1. The molecule has 7 nitrogen and oxygen atoms in total. The zero-order valence-corrected chi connectivity index (χ0v) is 10.5. The molecule has 8 heteroatoms. The van der Waals surface area contributed by atoms with Gasteiger partial charge in [0.1, 0.15) is 13.1 Å². The summed E-state index contributed by atoms with van der Waals surface area (Å²) >= 11 is 1.20. The molecular weight excluding hydrogens is 258 g/mol. The molecule has 1 saturated heterocycles. The first-order valence-corrected chi connectivity index (χ1v) is 6.18. The summed E-state index contributed by atoms with van der Waals surface area (Å²) in [6, 6.07) is 0. The molecule has 0 spiro atoms. The summed E-state index contributed by atoms with van der Waals surface area (Å²) in [4.78, 5) is 39.4. The largest absolute Gasteiger partial charge is 0.461 e. The molecular formula is C10H11N3O4S. The lowest BCUT2D eigenvalue weighted by molar-refractivity contribution is -0.130. The van der Waals surface area contributed by atoms with Gasteiger partial charge in [-0.15, -0.1) is 11.3 Å². The Bertz CT molecular complexity index is 483. The first kappa shape index (κ1) is 12.5. The molecule has 2 heterocycles. The van der Waals surface area contributed by atoms with E-state index in [1.165, 1.54) is 16.2 Å². The standard InChI is InChI=1S/C10H11N3O4S/c1-2-17-9(16)6-5-18-10(11-6)13-3-7(14)12-8(15)4-13/h5H,2-4H2,1H3,(H,12,14,15). The molecule has 2 rings (SSSR count).